The summed E-state index contributed by atoms with van der Waals surface area (Å²) in [6, 6.07) is 7.25. The summed E-state index contributed by atoms with van der Waals surface area (Å²) in [5.41, 5.74) is 1.24. The number of fused-ring (bicyclic) bond motifs is 1. The van der Waals surface area contributed by atoms with Crippen LogP contribution in [0.25, 0.3) is 27.6 Å². The lowest BCUT2D eigenvalue weighted by Crippen LogP contribution is -2.54. The van der Waals surface area contributed by atoms with Crippen LogP contribution >= 0.6 is 11.3 Å². The van der Waals surface area contributed by atoms with Gasteiger partial charge in [0.2, 0.25) is 11.3 Å². The molecule has 196 valence electrons. The van der Waals surface area contributed by atoms with Crippen molar-refractivity contribution in [3.8, 4) is 16.5 Å². The summed E-state index contributed by atoms with van der Waals surface area (Å²) in [5, 5.41) is 15.1. The Morgan fingerprint density at radius 2 is 2.05 bits per heavy atom. The van der Waals surface area contributed by atoms with Crippen molar-refractivity contribution in [3.63, 3.8) is 0 Å². The van der Waals surface area contributed by atoms with Gasteiger partial charge in [-0.3, -0.25) is 19.1 Å². The molecule has 5 heterocycles. The molecule has 0 atom stereocenters. The summed E-state index contributed by atoms with van der Waals surface area (Å²) in [5.74, 6) is -0.931. The Morgan fingerprint density at radius 3 is 2.76 bits per heavy atom. The molecule has 0 spiro atoms. The van der Waals surface area contributed by atoms with Gasteiger partial charge < -0.3 is 20.1 Å². The Hall–Kier alpha value is -4.16. The standard InChI is InChI=1S/C26H26N6O5S/c1-3-37-9-8-28-24(34)16-11-31(12-16)20-10-15(2)21-22(33)17(25(35)36)13-32(23(21)30-20)26-29-19(14-38-26)18-6-4-5-7-27-18/h4-7,10,13-14,16H,3,8-9,11-12H2,1-2H3,(H,28,34)(H,35,36). The maximum atomic E-state index is 13.1. The Morgan fingerprint density at radius 1 is 1.24 bits per heavy atom. The van der Waals surface area contributed by atoms with Crippen molar-refractivity contribution in [2.45, 2.75) is 13.8 Å². The van der Waals surface area contributed by atoms with Crippen molar-refractivity contribution < 1.29 is 19.4 Å². The van der Waals surface area contributed by atoms with Gasteiger partial charge in [-0.05, 0) is 37.6 Å². The zero-order valence-corrected chi connectivity index (χ0v) is 21.7. The summed E-state index contributed by atoms with van der Waals surface area (Å²) >= 11 is 1.29. The molecule has 38 heavy (non-hydrogen) atoms. The number of rotatable bonds is 9. The van der Waals surface area contributed by atoms with Crippen molar-refractivity contribution in [1.82, 2.24) is 24.8 Å². The van der Waals surface area contributed by atoms with E-state index in [1.807, 2.05) is 35.4 Å². The van der Waals surface area contributed by atoms with Gasteiger partial charge in [-0.2, -0.15) is 0 Å². The number of pyridine rings is 3. The van der Waals surface area contributed by atoms with E-state index < -0.39 is 11.4 Å². The van der Waals surface area contributed by atoms with E-state index in [1.165, 1.54) is 17.5 Å². The molecular weight excluding hydrogens is 508 g/mol. The molecule has 0 unspecified atom stereocenters. The first-order chi connectivity index (χ1) is 18.4. The van der Waals surface area contributed by atoms with Crippen LogP contribution in [0.1, 0.15) is 22.8 Å². The third-order valence-electron chi connectivity index (χ3n) is 6.32. The number of ether oxygens (including phenoxy) is 1. The summed E-state index contributed by atoms with van der Waals surface area (Å²) in [6.45, 7) is 6.16. The second-order valence-electron chi connectivity index (χ2n) is 8.86. The Bertz CT molecular complexity index is 1560. The number of hydrogen-bond acceptors (Lipinski definition) is 9. The summed E-state index contributed by atoms with van der Waals surface area (Å²) in [7, 11) is 0. The fourth-order valence-electron chi connectivity index (χ4n) is 4.31. The van der Waals surface area contributed by atoms with E-state index in [0.717, 1.165) is 0 Å². The molecule has 4 aromatic heterocycles. The van der Waals surface area contributed by atoms with Crippen LogP contribution < -0.4 is 15.6 Å². The number of aromatic nitrogens is 4. The molecule has 0 radical (unpaired) electrons. The molecule has 12 heteroatoms. The van der Waals surface area contributed by atoms with E-state index in [1.54, 1.807) is 23.8 Å². The van der Waals surface area contributed by atoms with Gasteiger partial charge in [-0.15, -0.1) is 11.3 Å². The van der Waals surface area contributed by atoms with Gasteiger partial charge in [0.1, 0.15) is 17.1 Å². The smallest absolute Gasteiger partial charge is 0.341 e. The van der Waals surface area contributed by atoms with Gasteiger partial charge in [0, 0.05) is 44.0 Å². The van der Waals surface area contributed by atoms with Crippen molar-refractivity contribution in [2.75, 3.05) is 37.7 Å². The first-order valence-electron chi connectivity index (χ1n) is 12.2. The normalized spacial score (nSPS) is 13.5. The van der Waals surface area contributed by atoms with Crippen molar-refractivity contribution >= 4 is 40.1 Å². The fraction of sp³-hybridized carbons (Fsp3) is 0.308. The number of carbonyl (C=O) groups excluding carboxylic acids is 1. The van der Waals surface area contributed by atoms with Crippen LogP contribution in [0, 0.1) is 12.8 Å². The van der Waals surface area contributed by atoms with Gasteiger partial charge in [0.25, 0.3) is 0 Å². The predicted octanol–water partition coefficient (Wildman–Crippen LogP) is 2.50. The van der Waals surface area contributed by atoms with Crippen LogP contribution in [0.15, 0.2) is 46.8 Å². The molecule has 0 saturated carbocycles. The average Bonchev–Trinajstić information content (AvgIpc) is 3.36. The van der Waals surface area contributed by atoms with Crippen LogP contribution in [0.3, 0.4) is 0 Å². The highest BCUT2D eigenvalue weighted by Gasteiger charge is 2.34. The topological polar surface area (TPSA) is 140 Å². The van der Waals surface area contributed by atoms with E-state index in [2.05, 4.69) is 15.3 Å². The highest BCUT2D eigenvalue weighted by atomic mass is 32.1. The Kier molecular flexibility index (Phi) is 7.16. The second-order valence-corrected chi connectivity index (χ2v) is 9.70. The molecule has 1 fully saturated rings. The molecule has 1 saturated heterocycles. The highest BCUT2D eigenvalue weighted by Crippen LogP contribution is 2.30. The van der Waals surface area contributed by atoms with Crippen LogP contribution in [0.4, 0.5) is 5.82 Å². The Balaban J connectivity index is 1.49. The maximum absolute atomic E-state index is 13.1. The minimum Gasteiger partial charge on any atom is -0.477 e. The lowest BCUT2D eigenvalue weighted by atomic mass is 9.98. The van der Waals surface area contributed by atoms with Crippen LogP contribution in [-0.4, -0.2) is 69.4 Å². The zero-order valence-electron chi connectivity index (χ0n) is 20.9. The number of carbonyl (C=O) groups is 2. The van der Waals surface area contributed by atoms with Gasteiger partial charge in [0.05, 0.1) is 23.6 Å². The van der Waals surface area contributed by atoms with Crippen LogP contribution in [-0.2, 0) is 9.53 Å². The van der Waals surface area contributed by atoms with E-state index in [9.17, 15) is 19.5 Å². The minimum absolute atomic E-state index is 0.0358. The number of aryl methyl sites for hydroxylation is 1. The average molecular weight is 535 g/mol. The SMILES string of the molecule is CCOCCNC(=O)C1CN(c2cc(C)c3c(=O)c(C(=O)O)cn(-c4nc(-c5ccccn5)cs4)c3n2)C1. The molecule has 5 rings (SSSR count). The molecule has 1 aliphatic rings. The van der Waals surface area contributed by atoms with Gasteiger partial charge >= 0.3 is 5.97 Å². The molecule has 11 nitrogen and oxygen atoms in total. The van der Waals surface area contributed by atoms with Crippen molar-refractivity contribution in [3.05, 3.63) is 63.4 Å². The molecule has 1 aliphatic heterocycles. The number of carboxylic acid groups (broad SMARTS) is 1. The lowest BCUT2D eigenvalue weighted by molar-refractivity contribution is -0.125. The number of amides is 1. The van der Waals surface area contributed by atoms with E-state index in [4.69, 9.17) is 9.72 Å². The molecule has 1 amide bonds. The lowest BCUT2D eigenvalue weighted by Gasteiger charge is -2.39. The molecule has 0 aliphatic carbocycles. The zero-order chi connectivity index (χ0) is 26.8. The number of anilines is 1. The number of thiazole rings is 1. The van der Waals surface area contributed by atoms with Gasteiger partial charge in [-0.25, -0.2) is 14.8 Å². The first-order valence-corrected chi connectivity index (χ1v) is 13.0. The number of nitrogens with zero attached hydrogens (tertiary/aromatic N) is 5. The summed E-state index contributed by atoms with van der Waals surface area (Å²) < 4.78 is 6.81. The van der Waals surface area contributed by atoms with E-state index in [-0.39, 0.29) is 22.8 Å². The summed E-state index contributed by atoms with van der Waals surface area (Å²) in [6.07, 6.45) is 2.94. The van der Waals surface area contributed by atoms with Crippen molar-refractivity contribution in [2.24, 2.45) is 5.92 Å². The molecule has 2 N–H and O–H groups in total. The molecule has 0 bridgehead atoms. The maximum Gasteiger partial charge on any atom is 0.341 e. The first kappa shape index (κ1) is 25.5. The van der Waals surface area contributed by atoms with Gasteiger partial charge in [0.15, 0.2) is 10.8 Å². The third-order valence-corrected chi connectivity index (χ3v) is 7.16. The number of hydrogen-bond donors (Lipinski definition) is 2. The molecule has 0 aromatic carbocycles. The number of carboxylic acids is 1. The fourth-order valence-corrected chi connectivity index (χ4v) is 5.11. The minimum atomic E-state index is -1.32. The molecular formula is C26H26N6O5S. The van der Waals surface area contributed by atoms with E-state index in [0.29, 0.717) is 66.4 Å². The van der Waals surface area contributed by atoms with E-state index >= 15 is 0 Å². The van der Waals surface area contributed by atoms with Gasteiger partial charge in [-0.1, -0.05) is 6.07 Å². The van der Waals surface area contributed by atoms with Crippen LogP contribution in [0.2, 0.25) is 0 Å². The molecule has 4 aromatic rings. The van der Waals surface area contributed by atoms with Crippen LogP contribution in [0.5, 0.6) is 0 Å². The van der Waals surface area contributed by atoms with Crippen molar-refractivity contribution in [1.29, 1.82) is 0 Å². The highest BCUT2D eigenvalue weighted by molar-refractivity contribution is 7.12. The quantitative estimate of drug-likeness (QED) is 0.310. The number of nitrogens with one attached hydrogen (secondary N) is 1. The second kappa shape index (κ2) is 10.7. The Labute approximate surface area is 221 Å². The predicted molar refractivity (Wildman–Crippen MR) is 143 cm³/mol. The monoisotopic (exact) mass is 534 g/mol. The third kappa shape index (κ3) is 4.87. The number of aromatic carboxylic acids is 1. The largest absolute Gasteiger partial charge is 0.477 e. The summed E-state index contributed by atoms with van der Waals surface area (Å²) in [4.78, 5) is 53.1.